The topological polar surface area (TPSA) is 136 Å². The van der Waals surface area contributed by atoms with E-state index < -0.39 is 82.6 Å². The molecule has 0 saturated carbocycles. The smallest absolute Gasteiger partial charge is 0.391 e. The molecule has 0 bridgehead atoms. The van der Waals surface area contributed by atoms with Gasteiger partial charge in [-0.1, -0.05) is 0 Å². The SMILES string of the molecule is COC[C@H]1CN(c2cc(C)c3c4c(c(=O)oc3c2C)CN(C(=O)c2cc(N(C)C)c(C(=O)NS(=O)(=O)N3CCC(C(F)(F)F)CC3)cc2F)CC4)CCN1C. The monoisotopic (exact) mass is 794 g/mol. The molecule has 0 unspecified atom stereocenters. The minimum absolute atomic E-state index is 0.0203. The van der Waals surface area contributed by atoms with E-state index in [-0.39, 0.29) is 30.4 Å². The second-order valence-electron chi connectivity index (χ2n) is 14.8. The second-order valence-corrected chi connectivity index (χ2v) is 16.5. The maximum Gasteiger partial charge on any atom is 0.391 e. The molecule has 2 saturated heterocycles. The first-order valence-corrected chi connectivity index (χ1v) is 19.5. The third-order valence-corrected chi connectivity index (χ3v) is 12.6. The number of alkyl halides is 3. The third-order valence-electron chi connectivity index (χ3n) is 11.1. The summed E-state index contributed by atoms with van der Waals surface area (Å²) in [6.07, 6.45) is -5.08. The van der Waals surface area contributed by atoms with Crippen LogP contribution in [0.3, 0.4) is 0 Å². The molecule has 1 aromatic heterocycles. The average Bonchev–Trinajstić information content (AvgIpc) is 3.13. The molecule has 55 heavy (non-hydrogen) atoms. The van der Waals surface area contributed by atoms with E-state index in [1.807, 2.05) is 18.6 Å². The Morgan fingerprint density at radius 1 is 1.02 bits per heavy atom. The molecule has 1 atom stereocenters. The maximum absolute atomic E-state index is 15.8. The van der Waals surface area contributed by atoms with Crippen molar-refractivity contribution in [1.29, 1.82) is 0 Å². The summed E-state index contributed by atoms with van der Waals surface area (Å²) >= 11 is 0. The first-order valence-electron chi connectivity index (χ1n) is 18.0. The molecule has 6 rings (SSSR count). The number of halogens is 4. The normalized spacial score (nSPS) is 19.1. The number of hydrogen-bond donors (Lipinski definition) is 1. The number of likely N-dealkylation sites (N-methyl/N-ethyl adjacent to an activating group) is 1. The predicted molar refractivity (Wildman–Crippen MR) is 198 cm³/mol. The van der Waals surface area contributed by atoms with Gasteiger partial charge in [-0.05, 0) is 69.5 Å². The Morgan fingerprint density at radius 2 is 1.71 bits per heavy atom. The number of carbonyl (C=O) groups excluding carboxylic acids is 2. The predicted octanol–water partition coefficient (Wildman–Crippen LogP) is 3.83. The largest absolute Gasteiger partial charge is 0.422 e. The molecule has 13 nitrogen and oxygen atoms in total. The fourth-order valence-electron chi connectivity index (χ4n) is 7.90. The highest BCUT2D eigenvalue weighted by atomic mass is 32.2. The molecule has 3 aliphatic rings. The van der Waals surface area contributed by atoms with Gasteiger partial charge in [-0.25, -0.2) is 13.9 Å². The van der Waals surface area contributed by atoms with Crippen LogP contribution in [0.15, 0.2) is 27.4 Å². The molecule has 2 aromatic carbocycles. The first-order chi connectivity index (χ1) is 25.8. The Hall–Kier alpha value is -4.26. The van der Waals surface area contributed by atoms with Crippen LogP contribution in [-0.2, 0) is 27.9 Å². The van der Waals surface area contributed by atoms with Crippen LogP contribution < -0.4 is 20.1 Å². The molecule has 3 aromatic rings. The number of hydrogen-bond acceptors (Lipinski definition) is 10. The Bertz CT molecular complexity index is 2170. The Kier molecular flexibility index (Phi) is 11.3. The molecule has 2 fully saturated rings. The summed E-state index contributed by atoms with van der Waals surface area (Å²) in [7, 11) is 2.21. The van der Waals surface area contributed by atoms with Gasteiger partial charge in [0.2, 0.25) is 0 Å². The van der Waals surface area contributed by atoms with E-state index in [1.54, 1.807) is 7.11 Å². The van der Waals surface area contributed by atoms with Crippen LogP contribution in [0, 0.1) is 25.6 Å². The fourth-order valence-corrected chi connectivity index (χ4v) is 9.06. The minimum Gasteiger partial charge on any atom is -0.422 e. The Labute approximate surface area is 316 Å². The highest BCUT2D eigenvalue weighted by Gasteiger charge is 2.43. The van der Waals surface area contributed by atoms with Gasteiger partial charge < -0.3 is 23.9 Å². The molecule has 0 spiro atoms. The number of amides is 2. The number of piperazine rings is 1. The lowest BCUT2D eigenvalue weighted by atomic mass is 9.92. The molecule has 0 aliphatic carbocycles. The number of nitrogens with one attached hydrogen (secondary N) is 1. The fraction of sp³-hybridized carbons (Fsp3) is 0.541. The number of carbonyl (C=O) groups is 2. The first kappa shape index (κ1) is 40.4. The summed E-state index contributed by atoms with van der Waals surface area (Å²) in [5.41, 5.74) is 2.89. The van der Waals surface area contributed by atoms with Crippen molar-refractivity contribution in [2.45, 2.75) is 51.9 Å². The van der Waals surface area contributed by atoms with E-state index in [0.717, 1.165) is 63.8 Å². The Balaban J connectivity index is 1.23. The standard InChI is InChI=1S/C37H46F4N6O7S/c1-21-15-30(45-14-13-44(5)24(18-45)20-53-6)22(2)33-32(21)25-9-10-46(19-28(25)36(50)54-33)35(49)26-17-31(43(3)4)27(16-29(26)38)34(48)42-55(51,52)47-11-7-23(8-12-47)37(39,40)41/h15-17,23-24H,7-14,18-20H2,1-6H3,(H,42,48)/t24-/m1/s1. The van der Waals surface area contributed by atoms with Gasteiger partial charge in [-0.15, -0.1) is 0 Å². The van der Waals surface area contributed by atoms with Crippen LogP contribution in [0.25, 0.3) is 11.0 Å². The average molecular weight is 795 g/mol. The number of nitrogens with zero attached hydrogens (tertiary/aromatic N) is 5. The maximum atomic E-state index is 15.8. The molecular formula is C37H46F4N6O7S. The van der Waals surface area contributed by atoms with E-state index in [2.05, 4.69) is 22.9 Å². The quantitative estimate of drug-likeness (QED) is 0.265. The van der Waals surface area contributed by atoms with Crippen molar-refractivity contribution in [3.8, 4) is 0 Å². The lowest BCUT2D eigenvalue weighted by Crippen LogP contribution is -2.53. The van der Waals surface area contributed by atoms with Crippen molar-refractivity contribution < 1.29 is 44.7 Å². The van der Waals surface area contributed by atoms with Gasteiger partial charge in [0.1, 0.15) is 11.4 Å². The number of piperidine rings is 1. The van der Waals surface area contributed by atoms with Crippen molar-refractivity contribution in [2.24, 2.45) is 5.92 Å². The van der Waals surface area contributed by atoms with Crippen LogP contribution in [0.1, 0.15) is 55.8 Å². The molecule has 300 valence electrons. The van der Waals surface area contributed by atoms with Gasteiger partial charge in [-0.3, -0.25) is 14.5 Å². The van der Waals surface area contributed by atoms with Crippen molar-refractivity contribution in [3.63, 3.8) is 0 Å². The van der Waals surface area contributed by atoms with E-state index in [4.69, 9.17) is 9.15 Å². The zero-order valence-electron chi connectivity index (χ0n) is 31.7. The van der Waals surface area contributed by atoms with Crippen molar-refractivity contribution in [2.75, 3.05) is 83.9 Å². The third kappa shape index (κ3) is 7.91. The van der Waals surface area contributed by atoms with Crippen molar-refractivity contribution >= 4 is 44.4 Å². The molecule has 0 radical (unpaired) electrons. The molecule has 4 heterocycles. The zero-order chi connectivity index (χ0) is 40.1. The van der Waals surface area contributed by atoms with Gasteiger partial charge in [0, 0.05) is 77.1 Å². The number of aryl methyl sites for hydroxylation is 2. The number of benzene rings is 2. The van der Waals surface area contributed by atoms with E-state index in [9.17, 15) is 36.0 Å². The Morgan fingerprint density at radius 3 is 2.35 bits per heavy atom. The van der Waals surface area contributed by atoms with Crippen molar-refractivity contribution in [3.05, 3.63) is 67.8 Å². The summed E-state index contributed by atoms with van der Waals surface area (Å²) in [6, 6.07) is 4.19. The minimum atomic E-state index is -4.56. The number of anilines is 2. The van der Waals surface area contributed by atoms with Crippen LogP contribution in [-0.4, -0.2) is 121 Å². The van der Waals surface area contributed by atoms with E-state index in [0.29, 0.717) is 18.6 Å². The van der Waals surface area contributed by atoms with Gasteiger partial charge in [0.05, 0.1) is 47.5 Å². The highest BCUT2D eigenvalue weighted by molar-refractivity contribution is 7.87. The van der Waals surface area contributed by atoms with E-state index in [1.165, 1.54) is 23.9 Å². The number of ether oxygens (including phenoxy) is 1. The number of fused-ring (bicyclic) bond motifs is 3. The molecule has 1 N–H and O–H groups in total. The van der Waals surface area contributed by atoms with Gasteiger partial charge in [0.15, 0.2) is 0 Å². The van der Waals surface area contributed by atoms with Gasteiger partial charge in [0.25, 0.3) is 11.8 Å². The second kappa shape index (κ2) is 15.3. The van der Waals surface area contributed by atoms with Crippen LogP contribution >= 0.6 is 0 Å². The summed E-state index contributed by atoms with van der Waals surface area (Å²) in [4.78, 5) is 47.9. The van der Waals surface area contributed by atoms with Gasteiger partial charge >= 0.3 is 22.0 Å². The molecular weight excluding hydrogens is 749 g/mol. The van der Waals surface area contributed by atoms with Gasteiger partial charge in [-0.2, -0.15) is 25.9 Å². The summed E-state index contributed by atoms with van der Waals surface area (Å²) in [5.74, 6) is -4.72. The highest BCUT2D eigenvalue weighted by Crippen LogP contribution is 2.37. The zero-order valence-corrected chi connectivity index (χ0v) is 32.5. The lowest BCUT2D eigenvalue weighted by molar-refractivity contribution is -0.182. The van der Waals surface area contributed by atoms with E-state index >= 15 is 4.39 Å². The lowest BCUT2D eigenvalue weighted by Gasteiger charge is -2.41. The summed E-state index contributed by atoms with van der Waals surface area (Å²) in [6.45, 7) is 5.96. The molecule has 18 heteroatoms. The van der Waals surface area contributed by atoms with Crippen LogP contribution in [0.2, 0.25) is 0 Å². The molecule has 2 amide bonds. The van der Waals surface area contributed by atoms with Crippen molar-refractivity contribution in [1.82, 2.24) is 18.8 Å². The summed E-state index contributed by atoms with van der Waals surface area (Å²) in [5, 5.41) is 0.807. The van der Waals surface area contributed by atoms with Crippen LogP contribution in [0.4, 0.5) is 28.9 Å². The number of methoxy groups -OCH3 is 1. The molecule has 3 aliphatic heterocycles. The summed E-state index contributed by atoms with van der Waals surface area (Å²) < 4.78 is 95.0. The van der Waals surface area contributed by atoms with Crippen LogP contribution in [0.5, 0.6) is 0 Å². The number of rotatable bonds is 8.